The largest absolute Gasteiger partial charge is 0.417 e. The molecule has 0 radical (unpaired) electrons. The van der Waals surface area contributed by atoms with Crippen molar-refractivity contribution in [3.05, 3.63) is 70.7 Å². The van der Waals surface area contributed by atoms with Crippen LogP contribution >= 0.6 is 12.6 Å². The van der Waals surface area contributed by atoms with Gasteiger partial charge >= 0.3 is 6.18 Å². The van der Waals surface area contributed by atoms with Gasteiger partial charge in [0.2, 0.25) is 12.3 Å². The minimum atomic E-state index is -5.16. The smallest absolute Gasteiger partial charge is 0.324 e. The molecule has 1 fully saturated rings. The number of thiol groups is 1. The summed E-state index contributed by atoms with van der Waals surface area (Å²) in [7, 11) is 0. The number of nitrogens with one attached hydrogen (secondary N) is 2. The Morgan fingerprint density at radius 1 is 1.31 bits per heavy atom. The second kappa shape index (κ2) is 8.11. The number of carbonyl (C=O) groups is 2. The SMILES string of the molecule is [2H]c1cc(C#N)c(C(F)(F)F)c([2H])c1C1(S)NC(=O)C(C)(C)N1C(F)NC(=O)c1ccccc1. The fraction of sp³-hybridized carbons (Fsp3) is 0.286. The third-order valence-corrected chi connectivity index (χ3v) is 5.49. The van der Waals surface area contributed by atoms with Gasteiger partial charge in [0.1, 0.15) is 5.54 Å². The predicted octanol–water partition coefficient (Wildman–Crippen LogP) is 3.51. The van der Waals surface area contributed by atoms with Gasteiger partial charge in [0.25, 0.3) is 5.91 Å². The van der Waals surface area contributed by atoms with Crippen molar-refractivity contribution in [2.45, 2.75) is 37.0 Å². The number of halogens is 4. The first-order valence-corrected chi connectivity index (χ1v) is 9.57. The molecule has 168 valence electrons. The van der Waals surface area contributed by atoms with Crippen molar-refractivity contribution in [3.63, 3.8) is 0 Å². The molecule has 1 heterocycles. The van der Waals surface area contributed by atoms with Crippen molar-refractivity contribution in [2.75, 3.05) is 0 Å². The molecule has 2 amide bonds. The van der Waals surface area contributed by atoms with Crippen LogP contribution in [0.3, 0.4) is 0 Å². The Morgan fingerprint density at radius 2 is 1.94 bits per heavy atom. The maximum absolute atomic E-state index is 15.6. The molecule has 11 heteroatoms. The highest BCUT2D eigenvalue weighted by atomic mass is 32.1. The van der Waals surface area contributed by atoms with E-state index in [0.717, 1.165) is 0 Å². The van der Waals surface area contributed by atoms with E-state index in [0.29, 0.717) is 11.0 Å². The van der Waals surface area contributed by atoms with Crippen LogP contribution in [0, 0.1) is 11.3 Å². The predicted molar refractivity (Wildman–Crippen MR) is 110 cm³/mol. The topological polar surface area (TPSA) is 85.2 Å². The number of hydrogen-bond donors (Lipinski definition) is 3. The molecule has 0 bridgehead atoms. The van der Waals surface area contributed by atoms with E-state index < -0.39 is 63.7 Å². The van der Waals surface area contributed by atoms with Crippen LogP contribution < -0.4 is 10.6 Å². The Hall–Kier alpha value is -3.10. The van der Waals surface area contributed by atoms with Crippen molar-refractivity contribution < 1.29 is 29.9 Å². The van der Waals surface area contributed by atoms with Crippen LogP contribution in [0.4, 0.5) is 17.6 Å². The van der Waals surface area contributed by atoms with Crippen molar-refractivity contribution in [1.82, 2.24) is 15.5 Å². The molecule has 2 aromatic rings. The fourth-order valence-electron chi connectivity index (χ4n) is 3.31. The fourth-order valence-corrected chi connectivity index (χ4v) is 3.88. The summed E-state index contributed by atoms with van der Waals surface area (Å²) in [5.74, 6) is -1.76. The van der Waals surface area contributed by atoms with Gasteiger partial charge in [-0.25, -0.2) is 9.29 Å². The Bertz CT molecular complexity index is 1200. The lowest BCUT2D eigenvalue weighted by atomic mass is 10.0. The zero-order chi connectivity index (χ0) is 25.6. The van der Waals surface area contributed by atoms with Gasteiger partial charge in [-0.3, -0.25) is 9.59 Å². The summed E-state index contributed by atoms with van der Waals surface area (Å²) in [4.78, 5) is 23.4. The van der Waals surface area contributed by atoms with E-state index in [2.05, 4.69) is 17.9 Å². The molecule has 2 N–H and O–H groups in total. The summed E-state index contributed by atoms with van der Waals surface area (Å²) < 4.78 is 72.9. The first-order chi connectivity index (χ1) is 15.7. The molecule has 0 aliphatic carbocycles. The Kier molecular flexibility index (Phi) is 5.27. The highest BCUT2D eigenvalue weighted by molar-refractivity contribution is 7.81. The summed E-state index contributed by atoms with van der Waals surface area (Å²) in [6, 6.07) is 7.28. The first-order valence-electron chi connectivity index (χ1n) is 10.1. The Morgan fingerprint density at radius 3 is 2.50 bits per heavy atom. The van der Waals surface area contributed by atoms with E-state index in [4.69, 9.17) is 8.00 Å². The summed E-state index contributed by atoms with van der Waals surface area (Å²) in [5.41, 5.74) is -5.15. The number of hydrogen-bond acceptors (Lipinski definition) is 5. The molecular formula is C21H18F4N4O2S. The summed E-state index contributed by atoms with van der Waals surface area (Å²) in [6.45, 7) is 2.48. The maximum atomic E-state index is 15.6. The van der Waals surface area contributed by atoms with Crippen molar-refractivity contribution in [3.8, 4) is 6.07 Å². The van der Waals surface area contributed by atoms with Crippen LogP contribution in [0.5, 0.6) is 0 Å². The Labute approximate surface area is 189 Å². The average Bonchev–Trinajstić information content (AvgIpc) is 2.90. The molecule has 2 atom stereocenters. The summed E-state index contributed by atoms with van der Waals surface area (Å²) in [6.07, 6.45) is -7.64. The van der Waals surface area contributed by atoms with E-state index in [-0.39, 0.29) is 5.56 Å². The number of amides is 2. The first kappa shape index (κ1) is 20.8. The maximum Gasteiger partial charge on any atom is 0.417 e. The molecule has 1 saturated heterocycles. The average molecular weight is 468 g/mol. The molecule has 3 rings (SSSR count). The van der Waals surface area contributed by atoms with Gasteiger partial charge in [-0.05, 0) is 38.1 Å². The molecule has 1 aliphatic heterocycles. The third-order valence-electron chi connectivity index (χ3n) is 4.94. The van der Waals surface area contributed by atoms with Gasteiger partial charge in [0.05, 0.1) is 19.9 Å². The molecule has 0 saturated carbocycles. The molecule has 0 spiro atoms. The number of rotatable bonds is 4. The highest BCUT2D eigenvalue weighted by Crippen LogP contribution is 2.44. The lowest BCUT2D eigenvalue weighted by Crippen LogP contribution is -2.59. The van der Waals surface area contributed by atoms with Gasteiger partial charge in [0.15, 0.2) is 4.99 Å². The quantitative estimate of drug-likeness (QED) is 0.364. The van der Waals surface area contributed by atoms with E-state index in [9.17, 15) is 22.8 Å². The monoisotopic (exact) mass is 468 g/mol. The second-order valence-corrected chi connectivity index (χ2v) is 8.06. The lowest BCUT2D eigenvalue weighted by Gasteiger charge is -2.41. The zero-order valence-corrected chi connectivity index (χ0v) is 17.6. The Balaban J connectivity index is 2.17. The van der Waals surface area contributed by atoms with Crippen LogP contribution in [-0.4, -0.2) is 28.7 Å². The van der Waals surface area contributed by atoms with Crippen molar-refractivity contribution >= 4 is 24.4 Å². The van der Waals surface area contributed by atoms with E-state index in [1.807, 2.05) is 5.32 Å². The van der Waals surface area contributed by atoms with Gasteiger partial charge < -0.3 is 10.6 Å². The van der Waals surface area contributed by atoms with E-state index >= 15 is 4.39 Å². The summed E-state index contributed by atoms with van der Waals surface area (Å²) >= 11 is 4.25. The van der Waals surface area contributed by atoms with Crippen molar-refractivity contribution in [2.24, 2.45) is 0 Å². The third kappa shape index (κ3) is 4.03. The lowest BCUT2D eigenvalue weighted by molar-refractivity contribution is -0.138. The van der Waals surface area contributed by atoms with E-state index in [1.165, 1.54) is 44.2 Å². The number of alkyl halides is 4. The number of nitriles is 1. The van der Waals surface area contributed by atoms with Crippen LogP contribution in [-0.2, 0) is 16.0 Å². The summed E-state index contributed by atoms with van der Waals surface area (Å²) in [5, 5.41) is 13.4. The normalized spacial score (nSPS) is 22.4. The minimum Gasteiger partial charge on any atom is -0.324 e. The minimum absolute atomic E-state index is 0.0753. The van der Waals surface area contributed by atoms with Gasteiger partial charge in [0, 0.05) is 11.1 Å². The molecule has 2 unspecified atom stereocenters. The van der Waals surface area contributed by atoms with Gasteiger partial charge in [-0.1, -0.05) is 24.2 Å². The van der Waals surface area contributed by atoms with E-state index in [1.54, 1.807) is 6.07 Å². The van der Waals surface area contributed by atoms with Crippen LogP contribution in [0.25, 0.3) is 0 Å². The zero-order valence-electron chi connectivity index (χ0n) is 18.7. The molecule has 0 aromatic heterocycles. The molecule has 32 heavy (non-hydrogen) atoms. The molecule has 6 nitrogen and oxygen atoms in total. The van der Waals surface area contributed by atoms with Crippen LogP contribution in [0.2, 0.25) is 0 Å². The molecular weight excluding hydrogens is 448 g/mol. The van der Waals surface area contributed by atoms with Gasteiger partial charge in [-0.15, -0.1) is 12.6 Å². The molecule has 2 aromatic carbocycles. The van der Waals surface area contributed by atoms with Crippen molar-refractivity contribution in [1.29, 1.82) is 5.26 Å². The van der Waals surface area contributed by atoms with Gasteiger partial charge in [-0.2, -0.15) is 18.4 Å². The van der Waals surface area contributed by atoms with Crippen LogP contribution in [0.15, 0.2) is 48.5 Å². The highest BCUT2D eigenvalue weighted by Gasteiger charge is 2.58. The number of carbonyl (C=O) groups excluding carboxylic acids is 2. The number of nitrogens with zero attached hydrogens (tertiary/aromatic N) is 2. The second-order valence-electron chi connectivity index (χ2n) is 7.42. The molecule has 1 aliphatic rings. The number of benzene rings is 2. The standard InChI is InChI=1S/C21H18F4N4O2S/c1-19(2)17(31)28-21(32,14-9-8-13(11-26)15(10-14)20(23,24)25)29(19)18(22)27-16(30)12-6-4-3-5-7-12/h3-10,18,32H,1-2H3,(H,27,30)(H,28,31)/i9D,10D. The van der Waals surface area contributed by atoms with Crippen LogP contribution in [0.1, 0.15) is 43.6 Å².